The second-order valence-corrected chi connectivity index (χ2v) is 3.46. The Kier molecular flexibility index (Phi) is 4.63. The number of benzene rings is 1. The first kappa shape index (κ1) is 13.2. The molecule has 0 saturated heterocycles. The molecule has 5 nitrogen and oxygen atoms in total. The molecule has 0 fully saturated rings. The zero-order chi connectivity index (χ0) is 12.8. The van der Waals surface area contributed by atoms with Gasteiger partial charge in [0.2, 0.25) is 0 Å². The Labute approximate surface area is 100 Å². The third-order valence-electron chi connectivity index (χ3n) is 2.33. The summed E-state index contributed by atoms with van der Waals surface area (Å²) in [7, 11) is 3.00. The van der Waals surface area contributed by atoms with Crippen molar-refractivity contribution in [2.24, 2.45) is 0 Å². The van der Waals surface area contributed by atoms with Gasteiger partial charge in [-0.3, -0.25) is 0 Å². The van der Waals surface area contributed by atoms with Crippen LogP contribution < -0.4 is 14.8 Å². The molecule has 0 saturated carbocycles. The summed E-state index contributed by atoms with van der Waals surface area (Å²) >= 11 is 0. The van der Waals surface area contributed by atoms with E-state index in [4.69, 9.17) is 14.6 Å². The van der Waals surface area contributed by atoms with E-state index in [2.05, 4.69) is 5.32 Å². The van der Waals surface area contributed by atoms with Crippen LogP contribution in [-0.4, -0.2) is 31.8 Å². The number of nitrogens with one attached hydrogen (secondary N) is 1. The molecule has 2 N–H and O–H groups in total. The number of anilines is 1. The highest BCUT2D eigenvalue weighted by Crippen LogP contribution is 2.37. The van der Waals surface area contributed by atoms with Crippen molar-refractivity contribution in [3.63, 3.8) is 0 Å². The summed E-state index contributed by atoms with van der Waals surface area (Å²) in [5, 5.41) is 12.2. The summed E-state index contributed by atoms with van der Waals surface area (Å²) in [6.45, 7) is 2.67. The lowest BCUT2D eigenvalue weighted by Crippen LogP contribution is -2.09. The third kappa shape index (κ3) is 2.81. The normalized spacial score (nSPS) is 9.82. The molecular formula is C12H17NO4. The van der Waals surface area contributed by atoms with Gasteiger partial charge in [0, 0.05) is 6.54 Å². The first-order valence-electron chi connectivity index (χ1n) is 5.37. The van der Waals surface area contributed by atoms with Gasteiger partial charge < -0.3 is 19.9 Å². The van der Waals surface area contributed by atoms with Crippen LogP contribution in [0.3, 0.4) is 0 Å². The quantitative estimate of drug-likeness (QED) is 0.796. The van der Waals surface area contributed by atoms with Crippen LogP contribution in [0.5, 0.6) is 11.5 Å². The molecule has 0 aromatic heterocycles. The molecule has 0 aliphatic heterocycles. The average molecular weight is 239 g/mol. The molecule has 0 spiro atoms. The molecule has 1 aromatic carbocycles. The minimum absolute atomic E-state index is 0.177. The van der Waals surface area contributed by atoms with E-state index >= 15 is 0 Å². The van der Waals surface area contributed by atoms with Crippen LogP contribution in [0.15, 0.2) is 12.1 Å². The van der Waals surface area contributed by atoms with Gasteiger partial charge in [0.15, 0.2) is 11.5 Å². The Morgan fingerprint density at radius 1 is 1.35 bits per heavy atom. The summed E-state index contributed by atoms with van der Waals surface area (Å²) in [6, 6.07) is 3.08. The highest BCUT2D eigenvalue weighted by Gasteiger charge is 2.18. The second-order valence-electron chi connectivity index (χ2n) is 3.46. The summed E-state index contributed by atoms with van der Waals surface area (Å²) in [5.41, 5.74) is 0.636. The monoisotopic (exact) mass is 239 g/mol. The maximum atomic E-state index is 11.1. The molecule has 17 heavy (non-hydrogen) atoms. The van der Waals surface area contributed by atoms with Gasteiger partial charge >= 0.3 is 5.97 Å². The number of carbonyl (C=O) groups is 1. The molecule has 0 unspecified atom stereocenters. The van der Waals surface area contributed by atoms with Crippen LogP contribution in [-0.2, 0) is 0 Å². The smallest absolute Gasteiger partial charge is 0.337 e. The zero-order valence-corrected chi connectivity index (χ0v) is 10.2. The fourth-order valence-electron chi connectivity index (χ4n) is 1.53. The number of carboxylic acids is 1. The van der Waals surface area contributed by atoms with Crippen molar-refractivity contribution in [3.8, 4) is 11.5 Å². The summed E-state index contributed by atoms with van der Waals surface area (Å²) in [4.78, 5) is 11.1. The van der Waals surface area contributed by atoms with Crippen molar-refractivity contribution in [2.45, 2.75) is 13.3 Å². The van der Waals surface area contributed by atoms with Crippen molar-refractivity contribution in [3.05, 3.63) is 17.7 Å². The number of ether oxygens (including phenoxy) is 2. The van der Waals surface area contributed by atoms with Gasteiger partial charge in [0.05, 0.1) is 25.5 Å². The average Bonchev–Trinajstić information content (AvgIpc) is 2.34. The zero-order valence-electron chi connectivity index (χ0n) is 10.2. The minimum Gasteiger partial charge on any atom is -0.493 e. The Morgan fingerprint density at radius 3 is 2.53 bits per heavy atom. The molecule has 94 valence electrons. The van der Waals surface area contributed by atoms with Gasteiger partial charge in [-0.05, 0) is 18.6 Å². The number of methoxy groups -OCH3 is 2. The van der Waals surface area contributed by atoms with Crippen molar-refractivity contribution in [1.82, 2.24) is 0 Å². The van der Waals surface area contributed by atoms with Crippen LogP contribution in [0.25, 0.3) is 0 Å². The molecule has 0 aliphatic carbocycles. The molecule has 0 atom stereocenters. The Bertz CT molecular complexity index is 404. The Morgan fingerprint density at radius 2 is 2.06 bits per heavy atom. The van der Waals surface area contributed by atoms with Gasteiger partial charge in [-0.15, -0.1) is 0 Å². The van der Waals surface area contributed by atoms with Crippen molar-refractivity contribution in [1.29, 1.82) is 0 Å². The number of hydrogen-bond acceptors (Lipinski definition) is 4. The minimum atomic E-state index is -0.996. The number of hydrogen-bond donors (Lipinski definition) is 2. The standard InChI is InChI=1S/C12H17NO4/c1-4-7-13-10-8(12(14)15)5-6-9(16-2)11(10)17-3/h5-6,13H,4,7H2,1-3H3,(H,14,15). The SMILES string of the molecule is CCCNc1c(C(=O)O)ccc(OC)c1OC. The Hall–Kier alpha value is -1.91. The largest absolute Gasteiger partial charge is 0.493 e. The van der Waals surface area contributed by atoms with E-state index in [-0.39, 0.29) is 5.56 Å². The Balaban J connectivity index is 3.28. The van der Waals surface area contributed by atoms with E-state index in [0.717, 1.165) is 6.42 Å². The number of rotatable bonds is 6. The van der Waals surface area contributed by atoms with Gasteiger partial charge in [-0.25, -0.2) is 4.79 Å². The van der Waals surface area contributed by atoms with Gasteiger partial charge in [0.1, 0.15) is 0 Å². The van der Waals surface area contributed by atoms with Crippen molar-refractivity contribution in [2.75, 3.05) is 26.1 Å². The summed E-state index contributed by atoms with van der Waals surface area (Å²) in [6.07, 6.45) is 0.888. The first-order valence-corrected chi connectivity index (χ1v) is 5.37. The predicted molar refractivity (Wildman–Crippen MR) is 65.3 cm³/mol. The van der Waals surface area contributed by atoms with Gasteiger partial charge in [0.25, 0.3) is 0 Å². The number of carboxylic acid groups (broad SMARTS) is 1. The highest BCUT2D eigenvalue weighted by molar-refractivity contribution is 5.96. The fraction of sp³-hybridized carbons (Fsp3) is 0.417. The molecule has 1 aromatic rings. The lowest BCUT2D eigenvalue weighted by atomic mass is 10.1. The molecule has 0 bridgehead atoms. The molecule has 1 rings (SSSR count). The van der Waals surface area contributed by atoms with Crippen LogP contribution in [0.2, 0.25) is 0 Å². The molecular weight excluding hydrogens is 222 g/mol. The van der Waals surface area contributed by atoms with E-state index in [9.17, 15) is 4.79 Å². The first-order chi connectivity index (χ1) is 8.15. The van der Waals surface area contributed by atoms with E-state index < -0.39 is 5.97 Å². The highest BCUT2D eigenvalue weighted by atomic mass is 16.5. The molecule has 0 amide bonds. The van der Waals surface area contributed by atoms with Crippen molar-refractivity contribution >= 4 is 11.7 Å². The lowest BCUT2D eigenvalue weighted by Gasteiger charge is -2.16. The van der Waals surface area contributed by atoms with Crippen LogP contribution in [0.1, 0.15) is 23.7 Å². The van der Waals surface area contributed by atoms with E-state index in [0.29, 0.717) is 23.7 Å². The van der Waals surface area contributed by atoms with Crippen LogP contribution >= 0.6 is 0 Å². The predicted octanol–water partition coefficient (Wildman–Crippen LogP) is 2.22. The molecule has 0 radical (unpaired) electrons. The fourth-order valence-corrected chi connectivity index (χ4v) is 1.53. The van der Waals surface area contributed by atoms with Crippen LogP contribution in [0, 0.1) is 0 Å². The summed E-state index contributed by atoms with van der Waals surface area (Å²) in [5.74, 6) is -0.0680. The van der Waals surface area contributed by atoms with E-state index in [1.165, 1.54) is 20.3 Å². The lowest BCUT2D eigenvalue weighted by molar-refractivity contribution is 0.0697. The van der Waals surface area contributed by atoms with Crippen LogP contribution in [0.4, 0.5) is 5.69 Å². The maximum absolute atomic E-state index is 11.1. The van der Waals surface area contributed by atoms with Gasteiger partial charge in [-0.2, -0.15) is 0 Å². The number of aromatic carboxylic acids is 1. The molecule has 0 aliphatic rings. The van der Waals surface area contributed by atoms with E-state index in [1.807, 2.05) is 6.92 Å². The van der Waals surface area contributed by atoms with Gasteiger partial charge in [-0.1, -0.05) is 6.92 Å². The topological polar surface area (TPSA) is 67.8 Å². The third-order valence-corrected chi connectivity index (χ3v) is 2.33. The molecule has 0 heterocycles. The van der Waals surface area contributed by atoms with E-state index in [1.54, 1.807) is 6.07 Å². The maximum Gasteiger partial charge on any atom is 0.337 e. The molecule has 5 heteroatoms. The summed E-state index contributed by atoms with van der Waals surface area (Å²) < 4.78 is 10.3. The second kappa shape index (κ2) is 5.98. The van der Waals surface area contributed by atoms with Crippen molar-refractivity contribution < 1.29 is 19.4 Å².